The molecule has 96 valence electrons. The molecule has 0 spiro atoms. The Hall–Kier alpha value is -1.84. The van der Waals surface area contributed by atoms with Crippen molar-refractivity contribution in [3.8, 4) is 0 Å². The lowest BCUT2D eigenvalue weighted by atomic mass is 9.82. The molecule has 0 aliphatic carbocycles. The predicted octanol–water partition coefficient (Wildman–Crippen LogP) is 1.90. The number of hydrogen-bond donors (Lipinski definition) is 0. The zero-order valence-corrected chi connectivity index (χ0v) is 11.2. The van der Waals surface area contributed by atoms with Crippen molar-refractivity contribution >= 4 is 11.7 Å². The smallest absolute Gasteiger partial charge is 0.317 e. The first-order chi connectivity index (χ1) is 8.48. The fourth-order valence-electron chi connectivity index (χ4n) is 2.22. The van der Waals surface area contributed by atoms with E-state index >= 15 is 0 Å². The third kappa shape index (κ3) is 1.88. The van der Waals surface area contributed by atoms with Gasteiger partial charge < -0.3 is 4.74 Å². The highest BCUT2D eigenvalue weighted by Gasteiger charge is 2.47. The first-order valence-electron chi connectivity index (χ1n) is 5.94. The van der Waals surface area contributed by atoms with Crippen molar-refractivity contribution in [3.05, 3.63) is 35.9 Å². The summed E-state index contributed by atoms with van der Waals surface area (Å²) in [6.07, 6.45) is 0. The standard InChI is InChI=1S/C14H18N2O2/c1-14(2)11(13(17)18-4)12(15-16(14)3)10-8-6-5-7-9-10/h5-9,11H,1-4H3/t11-/m0/s1. The summed E-state index contributed by atoms with van der Waals surface area (Å²) in [5.74, 6) is -0.609. The van der Waals surface area contributed by atoms with Crippen LogP contribution in [0.3, 0.4) is 0 Å². The number of esters is 1. The van der Waals surface area contributed by atoms with Gasteiger partial charge in [-0.25, -0.2) is 0 Å². The van der Waals surface area contributed by atoms with E-state index in [0.29, 0.717) is 0 Å². The lowest BCUT2D eigenvalue weighted by Crippen LogP contribution is -2.45. The van der Waals surface area contributed by atoms with Crippen LogP contribution in [0.25, 0.3) is 0 Å². The SMILES string of the molecule is COC(=O)[C@@H]1C(c2ccccc2)=NN(C)C1(C)C. The van der Waals surface area contributed by atoms with E-state index in [9.17, 15) is 4.79 Å². The van der Waals surface area contributed by atoms with Crippen LogP contribution in [0.15, 0.2) is 35.4 Å². The van der Waals surface area contributed by atoms with E-state index in [0.717, 1.165) is 11.3 Å². The third-order valence-electron chi connectivity index (χ3n) is 3.58. The molecular formula is C14H18N2O2. The van der Waals surface area contributed by atoms with Gasteiger partial charge in [0, 0.05) is 7.05 Å². The molecule has 1 atom stereocenters. The minimum absolute atomic E-state index is 0.244. The summed E-state index contributed by atoms with van der Waals surface area (Å²) in [4.78, 5) is 12.0. The molecule has 1 aromatic rings. The Kier molecular flexibility index (Phi) is 3.11. The second-order valence-electron chi connectivity index (χ2n) is 4.98. The van der Waals surface area contributed by atoms with Crippen LogP contribution in [-0.2, 0) is 9.53 Å². The Morgan fingerprint density at radius 2 is 1.94 bits per heavy atom. The minimum Gasteiger partial charge on any atom is -0.468 e. The molecule has 0 N–H and O–H groups in total. The maximum atomic E-state index is 12.0. The molecule has 1 heterocycles. The highest BCUT2D eigenvalue weighted by molar-refractivity contribution is 6.13. The molecular weight excluding hydrogens is 228 g/mol. The van der Waals surface area contributed by atoms with Gasteiger partial charge in [0.2, 0.25) is 0 Å². The molecule has 1 aliphatic heterocycles. The minimum atomic E-state index is -0.377. The Morgan fingerprint density at radius 1 is 1.33 bits per heavy atom. The van der Waals surface area contributed by atoms with Crippen LogP contribution < -0.4 is 0 Å². The van der Waals surface area contributed by atoms with E-state index in [2.05, 4.69) is 5.10 Å². The molecule has 1 aromatic carbocycles. The van der Waals surface area contributed by atoms with Crippen LogP contribution in [0.5, 0.6) is 0 Å². The number of hydrogen-bond acceptors (Lipinski definition) is 4. The van der Waals surface area contributed by atoms with Crippen LogP contribution in [0.4, 0.5) is 0 Å². The van der Waals surface area contributed by atoms with Crippen molar-refractivity contribution in [1.82, 2.24) is 5.01 Å². The van der Waals surface area contributed by atoms with Crippen LogP contribution in [-0.4, -0.2) is 36.4 Å². The number of methoxy groups -OCH3 is 1. The van der Waals surface area contributed by atoms with Gasteiger partial charge in [-0.3, -0.25) is 9.80 Å². The summed E-state index contributed by atoms with van der Waals surface area (Å²) in [6, 6.07) is 9.75. The molecule has 18 heavy (non-hydrogen) atoms. The van der Waals surface area contributed by atoms with E-state index in [1.54, 1.807) is 0 Å². The highest BCUT2D eigenvalue weighted by Crippen LogP contribution is 2.34. The zero-order valence-electron chi connectivity index (χ0n) is 11.2. The lowest BCUT2D eigenvalue weighted by Gasteiger charge is -2.31. The van der Waals surface area contributed by atoms with Crippen molar-refractivity contribution in [2.75, 3.05) is 14.2 Å². The number of hydrazone groups is 1. The maximum Gasteiger partial charge on any atom is 0.317 e. The zero-order chi connectivity index (χ0) is 13.3. The fourth-order valence-corrected chi connectivity index (χ4v) is 2.22. The van der Waals surface area contributed by atoms with E-state index in [-0.39, 0.29) is 17.4 Å². The Balaban J connectivity index is 2.46. The van der Waals surface area contributed by atoms with Crippen molar-refractivity contribution in [2.24, 2.45) is 11.0 Å². The largest absolute Gasteiger partial charge is 0.468 e. The van der Waals surface area contributed by atoms with E-state index < -0.39 is 0 Å². The molecule has 4 nitrogen and oxygen atoms in total. The van der Waals surface area contributed by atoms with Gasteiger partial charge in [0.25, 0.3) is 0 Å². The van der Waals surface area contributed by atoms with Crippen LogP contribution in [0, 0.1) is 5.92 Å². The number of carbonyl (C=O) groups is 1. The molecule has 0 saturated carbocycles. The molecule has 1 aliphatic rings. The second-order valence-corrected chi connectivity index (χ2v) is 4.98. The molecule has 0 radical (unpaired) electrons. The number of rotatable bonds is 2. The molecule has 0 bridgehead atoms. The summed E-state index contributed by atoms with van der Waals surface area (Å²) < 4.78 is 4.92. The van der Waals surface area contributed by atoms with Gasteiger partial charge in [-0.05, 0) is 19.4 Å². The summed E-state index contributed by atoms with van der Waals surface area (Å²) in [7, 11) is 3.30. The van der Waals surface area contributed by atoms with Gasteiger partial charge in [-0.1, -0.05) is 30.3 Å². The Morgan fingerprint density at radius 3 is 2.50 bits per heavy atom. The van der Waals surface area contributed by atoms with Crippen LogP contribution >= 0.6 is 0 Å². The average molecular weight is 246 g/mol. The number of benzene rings is 1. The summed E-state index contributed by atoms with van der Waals surface area (Å²) in [5.41, 5.74) is 1.36. The van der Waals surface area contributed by atoms with Crippen LogP contribution in [0.2, 0.25) is 0 Å². The molecule has 0 amide bonds. The molecule has 0 fully saturated rings. The normalized spacial score (nSPS) is 21.7. The van der Waals surface area contributed by atoms with Gasteiger partial charge in [-0.15, -0.1) is 0 Å². The molecule has 2 rings (SSSR count). The van der Waals surface area contributed by atoms with Crippen molar-refractivity contribution in [1.29, 1.82) is 0 Å². The lowest BCUT2D eigenvalue weighted by molar-refractivity contribution is -0.145. The van der Waals surface area contributed by atoms with Gasteiger partial charge >= 0.3 is 5.97 Å². The number of nitrogens with zero attached hydrogens (tertiary/aromatic N) is 2. The molecule has 4 heteroatoms. The van der Waals surface area contributed by atoms with E-state index in [1.165, 1.54) is 7.11 Å². The van der Waals surface area contributed by atoms with Gasteiger partial charge in [-0.2, -0.15) is 5.10 Å². The van der Waals surface area contributed by atoms with Crippen LogP contribution in [0.1, 0.15) is 19.4 Å². The number of ether oxygens (including phenoxy) is 1. The van der Waals surface area contributed by atoms with Crippen molar-refractivity contribution in [2.45, 2.75) is 19.4 Å². The Labute approximate surface area is 107 Å². The highest BCUT2D eigenvalue weighted by atomic mass is 16.5. The average Bonchev–Trinajstić information content (AvgIpc) is 2.61. The summed E-state index contributed by atoms with van der Waals surface area (Å²) in [5, 5.41) is 6.34. The summed E-state index contributed by atoms with van der Waals surface area (Å²) in [6.45, 7) is 3.99. The van der Waals surface area contributed by atoms with Gasteiger partial charge in [0.05, 0.1) is 18.4 Å². The maximum absolute atomic E-state index is 12.0. The van der Waals surface area contributed by atoms with Crippen molar-refractivity contribution < 1.29 is 9.53 Å². The topological polar surface area (TPSA) is 41.9 Å². The van der Waals surface area contributed by atoms with Crippen molar-refractivity contribution in [3.63, 3.8) is 0 Å². The van der Waals surface area contributed by atoms with E-state index in [4.69, 9.17) is 4.74 Å². The molecule has 0 unspecified atom stereocenters. The first kappa shape index (κ1) is 12.6. The third-order valence-corrected chi connectivity index (χ3v) is 3.58. The predicted molar refractivity (Wildman–Crippen MR) is 70.3 cm³/mol. The Bertz CT molecular complexity index is 480. The number of carbonyl (C=O) groups excluding carboxylic acids is 1. The quantitative estimate of drug-likeness (QED) is 0.748. The van der Waals surface area contributed by atoms with Gasteiger partial charge in [0.1, 0.15) is 5.92 Å². The van der Waals surface area contributed by atoms with E-state index in [1.807, 2.05) is 56.2 Å². The second kappa shape index (κ2) is 4.44. The fraction of sp³-hybridized carbons (Fsp3) is 0.429. The monoisotopic (exact) mass is 246 g/mol. The molecule has 0 saturated heterocycles. The van der Waals surface area contributed by atoms with Gasteiger partial charge in [0.15, 0.2) is 0 Å². The first-order valence-corrected chi connectivity index (χ1v) is 5.94. The molecule has 0 aromatic heterocycles. The summed E-state index contributed by atoms with van der Waals surface area (Å²) >= 11 is 0.